The van der Waals surface area contributed by atoms with Gasteiger partial charge in [-0.3, -0.25) is 0 Å². The molecular formula is C23H29ClN4O2. The Kier molecular flexibility index (Phi) is 8.11. The molecule has 1 fully saturated rings. The van der Waals surface area contributed by atoms with Gasteiger partial charge < -0.3 is 20.5 Å². The highest BCUT2D eigenvalue weighted by Crippen LogP contribution is 2.27. The summed E-state index contributed by atoms with van der Waals surface area (Å²) in [6, 6.07) is 16.3. The standard InChI is InChI=1S/C23H28N4O2.ClH/c28-15-6-16-29-19-13-11-18(12-14-19)25-23-26-21-10-5-4-9-20(21)22(27-23)24-17-7-2-1-3-8-17;/h4-5,9-14,17,28H,1-3,6-8,15-16H2,(H2,24,25,26,27);1H. The number of nitrogens with one attached hydrogen (secondary N) is 2. The summed E-state index contributed by atoms with van der Waals surface area (Å²) < 4.78 is 5.58. The number of hydrogen-bond donors (Lipinski definition) is 3. The van der Waals surface area contributed by atoms with Crippen LogP contribution in [-0.2, 0) is 0 Å². The first-order valence-electron chi connectivity index (χ1n) is 10.5. The van der Waals surface area contributed by atoms with Gasteiger partial charge in [0.25, 0.3) is 0 Å². The number of para-hydroxylation sites is 1. The van der Waals surface area contributed by atoms with Crippen LogP contribution in [0.25, 0.3) is 10.9 Å². The Morgan fingerprint density at radius 2 is 1.73 bits per heavy atom. The molecule has 0 radical (unpaired) electrons. The quantitative estimate of drug-likeness (QED) is 0.422. The molecule has 3 N–H and O–H groups in total. The molecule has 7 heteroatoms. The van der Waals surface area contributed by atoms with Gasteiger partial charge in [-0.2, -0.15) is 4.98 Å². The third kappa shape index (κ3) is 5.74. The summed E-state index contributed by atoms with van der Waals surface area (Å²) in [5.74, 6) is 2.26. The van der Waals surface area contributed by atoms with Crippen molar-refractivity contribution in [2.75, 3.05) is 23.8 Å². The fraction of sp³-hybridized carbons (Fsp3) is 0.391. The van der Waals surface area contributed by atoms with Crippen LogP contribution in [0.1, 0.15) is 38.5 Å². The first-order valence-corrected chi connectivity index (χ1v) is 10.5. The predicted molar refractivity (Wildman–Crippen MR) is 124 cm³/mol. The van der Waals surface area contributed by atoms with E-state index in [0.29, 0.717) is 25.0 Å². The number of halogens is 1. The number of nitrogens with zero attached hydrogens (tertiary/aromatic N) is 2. The Labute approximate surface area is 183 Å². The molecule has 4 rings (SSSR count). The molecule has 1 aromatic heterocycles. The van der Waals surface area contributed by atoms with Crippen LogP contribution in [0.4, 0.5) is 17.5 Å². The van der Waals surface area contributed by atoms with E-state index in [9.17, 15) is 0 Å². The number of ether oxygens (including phenoxy) is 1. The lowest BCUT2D eigenvalue weighted by Crippen LogP contribution is -2.23. The van der Waals surface area contributed by atoms with E-state index in [0.717, 1.165) is 28.2 Å². The van der Waals surface area contributed by atoms with E-state index < -0.39 is 0 Å². The summed E-state index contributed by atoms with van der Waals surface area (Å²) in [6.07, 6.45) is 6.89. The highest BCUT2D eigenvalue weighted by Gasteiger charge is 2.16. The molecule has 30 heavy (non-hydrogen) atoms. The van der Waals surface area contributed by atoms with E-state index in [1.807, 2.05) is 42.5 Å². The van der Waals surface area contributed by atoms with Crippen LogP contribution in [0.5, 0.6) is 5.75 Å². The predicted octanol–water partition coefficient (Wildman–Crippen LogP) is 5.30. The topological polar surface area (TPSA) is 79.3 Å². The van der Waals surface area contributed by atoms with Crippen LogP contribution < -0.4 is 15.4 Å². The summed E-state index contributed by atoms with van der Waals surface area (Å²) in [7, 11) is 0. The minimum absolute atomic E-state index is 0. The summed E-state index contributed by atoms with van der Waals surface area (Å²) in [5, 5.41) is 16.9. The average Bonchev–Trinajstić information content (AvgIpc) is 2.76. The molecule has 0 aliphatic heterocycles. The van der Waals surface area contributed by atoms with Gasteiger partial charge in [0, 0.05) is 30.1 Å². The molecule has 1 heterocycles. The molecule has 1 saturated carbocycles. The summed E-state index contributed by atoms with van der Waals surface area (Å²) >= 11 is 0. The molecule has 0 saturated heterocycles. The Morgan fingerprint density at radius 3 is 2.50 bits per heavy atom. The van der Waals surface area contributed by atoms with Crippen LogP contribution in [0.3, 0.4) is 0 Å². The molecule has 6 nitrogen and oxygen atoms in total. The third-order valence-corrected chi connectivity index (χ3v) is 5.23. The first kappa shape index (κ1) is 22.1. The van der Waals surface area contributed by atoms with E-state index in [-0.39, 0.29) is 19.0 Å². The van der Waals surface area contributed by atoms with Crippen molar-refractivity contribution in [2.24, 2.45) is 0 Å². The van der Waals surface area contributed by atoms with Gasteiger partial charge in [0.15, 0.2) is 0 Å². The second-order valence-electron chi connectivity index (χ2n) is 7.47. The zero-order valence-corrected chi connectivity index (χ0v) is 17.8. The maximum atomic E-state index is 8.84. The Balaban J connectivity index is 0.00000256. The second-order valence-corrected chi connectivity index (χ2v) is 7.47. The SMILES string of the molecule is Cl.OCCCOc1ccc(Nc2nc(NC3CCCCC3)c3ccccc3n2)cc1. The Hall–Kier alpha value is -2.57. The lowest BCUT2D eigenvalue weighted by atomic mass is 9.95. The van der Waals surface area contributed by atoms with Crippen molar-refractivity contribution >= 4 is 40.8 Å². The van der Waals surface area contributed by atoms with Crippen LogP contribution in [-0.4, -0.2) is 34.3 Å². The molecule has 160 valence electrons. The minimum Gasteiger partial charge on any atom is -0.494 e. The van der Waals surface area contributed by atoms with E-state index in [1.165, 1.54) is 32.1 Å². The Morgan fingerprint density at radius 1 is 0.967 bits per heavy atom. The fourth-order valence-electron chi connectivity index (χ4n) is 3.70. The van der Waals surface area contributed by atoms with Gasteiger partial charge in [-0.1, -0.05) is 31.4 Å². The normalized spacial score (nSPS) is 14.2. The van der Waals surface area contributed by atoms with Crippen molar-refractivity contribution in [3.05, 3.63) is 48.5 Å². The Bertz CT molecular complexity index is 930. The fourth-order valence-corrected chi connectivity index (χ4v) is 3.70. The van der Waals surface area contributed by atoms with Gasteiger partial charge in [0.1, 0.15) is 11.6 Å². The third-order valence-electron chi connectivity index (χ3n) is 5.23. The molecular weight excluding hydrogens is 400 g/mol. The maximum absolute atomic E-state index is 8.84. The van der Waals surface area contributed by atoms with Crippen molar-refractivity contribution in [1.82, 2.24) is 9.97 Å². The van der Waals surface area contributed by atoms with Gasteiger partial charge in [0.2, 0.25) is 5.95 Å². The van der Waals surface area contributed by atoms with Gasteiger partial charge in [-0.15, -0.1) is 12.4 Å². The second kappa shape index (κ2) is 11.0. The van der Waals surface area contributed by atoms with Crippen molar-refractivity contribution < 1.29 is 9.84 Å². The van der Waals surface area contributed by atoms with Gasteiger partial charge in [-0.05, 0) is 49.2 Å². The van der Waals surface area contributed by atoms with Crippen LogP contribution >= 0.6 is 12.4 Å². The number of anilines is 3. The zero-order chi connectivity index (χ0) is 19.9. The average molecular weight is 429 g/mol. The maximum Gasteiger partial charge on any atom is 0.229 e. The van der Waals surface area contributed by atoms with E-state index in [1.54, 1.807) is 0 Å². The minimum atomic E-state index is 0. The van der Waals surface area contributed by atoms with E-state index >= 15 is 0 Å². The number of aliphatic hydroxyl groups is 1. The van der Waals surface area contributed by atoms with Crippen molar-refractivity contribution in [3.8, 4) is 5.75 Å². The molecule has 0 spiro atoms. The van der Waals surface area contributed by atoms with E-state index in [2.05, 4.69) is 21.7 Å². The highest BCUT2D eigenvalue weighted by molar-refractivity contribution is 5.90. The highest BCUT2D eigenvalue weighted by atomic mass is 35.5. The summed E-state index contributed by atoms with van der Waals surface area (Å²) in [6.45, 7) is 0.642. The number of aliphatic hydroxyl groups excluding tert-OH is 1. The van der Waals surface area contributed by atoms with Gasteiger partial charge in [-0.25, -0.2) is 4.98 Å². The first-order chi connectivity index (χ1) is 14.3. The van der Waals surface area contributed by atoms with Crippen LogP contribution in [0, 0.1) is 0 Å². The number of hydrogen-bond acceptors (Lipinski definition) is 6. The smallest absolute Gasteiger partial charge is 0.229 e. The van der Waals surface area contributed by atoms with Crippen LogP contribution in [0.2, 0.25) is 0 Å². The lowest BCUT2D eigenvalue weighted by molar-refractivity contribution is 0.233. The van der Waals surface area contributed by atoms with Gasteiger partial charge in [0.05, 0.1) is 12.1 Å². The number of benzene rings is 2. The van der Waals surface area contributed by atoms with Crippen molar-refractivity contribution in [3.63, 3.8) is 0 Å². The van der Waals surface area contributed by atoms with E-state index in [4.69, 9.17) is 14.8 Å². The molecule has 0 bridgehead atoms. The summed E-state index contributed by atoms with van der Waals surface area (Å²) in [4.78, 5) is 9.47. The van der Waals surface area contributed by atoms with Gasteiger partial charge >= 0.3 is 0 Å². The van der Waals surface area contributed by atoms with Crippen LogP contribution in [0.15, 0.2) is 48.5 Å². The molecule has 1 aliphatic carbocycles. The molecule has 0 amide bonds. The molecule has 3 aromatic rings. The summed E-state index contributed by atoms with van der Waals surface area (Å²) in [5.41, 5.74) is 1.82. The largest absolute Gasteiger partial charge is 0.494 e. The van der Waals surface area contributed by atoms with Crippen molar-refractivity contribution in [1.29, 1.82) is 0 Å². The zero-order valence-electron chi connectivity index (χ0n) is 17.0. The molecule has 0 atom stereocenters. The molecule has 2 aromatic carbocycles. The number of aromatic nitrogens is 2. The molecule has 1 aliphatic rings. The lowest BCUT2D eigenvalue weighted by Gasteiger charge is -2.24. The molecule has 0 unspecified atom stereocenters. The van der Waals surface area contributed by atoms with Crippen molar-refractivity contribution in [2.45, 2.75) is 44.6 Å². The number of fused-ring (bicyclic) bond motifs is 1. The monoisotopic (exact) mass is 428 g/mol. The number of rotatable bonds is 8.